The molecule has 0 aliphatic carbocycles. The van der Waals surface area contributed by atoms with Gasteiger partial charge < -0.3 is 21.0 Å². The van der Waals surface area contributed by atoms with Crippen molar-refractivity contribution in [2.45, 2.75) is 19.8 Å². The van der Waals surface area contributed by atoms with E-state index in [1.807, 2.05) is 0 Å². The Morgan fingerprint density at radius 2 is 1.96 bits per heavy atom. The molecule has 0 saturated heterocycles. The van der Waals surface area contributed by atoms with Crippen LogP contribution in [0.15, 0.2) is 41.6 Å². The van der Waals surface area contributed by atoms with E-state index in [4.69, 9.17) is 10.9 Å². The van der Waals surface area contributed by atoms with Crippen LogP contribution in [0.3, 0.4) is 0 Å². The van der Waals surface area contributed by atoms with Crippen molar-refractivity contribution < 1.29 is 27.5 Å². The number of nitrogens with two attached hydrogens (primary N) is 1. The SMILES string of the molecule is Cc1ccc(C(N)=NO)cc1NCc1ccc(F)cc1OC(F)(F)F. The zero-order valence-corrected chi connectivity index (χ0v) is 13.1. The fourth-order valence-electron chi connectivity index (χ4n) is 2.11. The van der Waals surface area contributed by atoms with E-state index < -0.39 is 17.9 Å². The van der Waals surface area contributed by atoms with E-state index >= 15 is 0 Å². The Labute approximate surface area is 140 Å². The van der Waals surface area contributed by atoms with E-state index in [1.54, 1.807) is 25.1 Å². The first kappa shape index (κ1) is 18.4. The minimum atomic E-state index is -4.93. The lowest BCUT2D eigenvalue weighted by molar-refractivity contribution is -0.274. The van der Waals surface area contributed by atoms with Gasteiger partial charge in [0.05, 0.1) is 0 Å². The number of hydrogen-bond donors (Lipinski definition) is 3. The number of amidine groups is 1. The average Bonchev–Trinajstić information content (AvgIpc) is 2.53. The fourth-order valence-corrected chi connectivity index (χ4v) is 2.11. The fraction of sp³-hybridized carbons (Fsp3) is 0.188. The second kappa shape index (κ2) is 7.29. The van der Waals surface area contributed by atoms with E-state index in [0.717, 1.165) is 11.6 Å². The molecule has 0 fully saturated rings. The molecule has 0 radical (unpaired) electrons. The van der Waals surface area contributed by atoms with Crippen LogP contribution in [0.5, 0.6) is 5.75 Å². The molecule has 2 aromatic carbocycles. The van der Waals surface area contributed by atoms with Crippen molar-refractivity contribution in [2.75, 3.05) is 5.32 Å². The van der Waals surface area contributed by atoms with Crippen LogP contribution in [0, 0.1) is 12.7 Å². The summed E-state index contributed by atoms with van der Waals surface area (Å²) >= 11 is 0. The first-order chi connectivity index (χ1) is 11.7. The number of alkyl halides is 3. The molecular weight excluding hydrogens is 342 g/mol. The molecular formula is C16H15F4N3O2. The monoisotopic (exact) mass is 357 g/mol. The number of ether oxygens (including phenoxy) is 1. The van der Waals surface area contributed by atoms with Crippen molar-refractivity contribution in [3.05, 3.63) is 58.9 Å². The normalized spacial score (nSPS) is 12.1. The summed E-state index contributed by atoms with van der Waals surface area (Å²) in [6, 6.07) is 7.83. The van der Waals surface area contributed by atoms with Gasteiger partial charge in [0, 0.05) is 29.4 Å². The minimum absolute atomic E-state index is 0.0494. The Hall–Kier alpha value is -2.97. The number of hydrogen-bond acceptors (Lipinski definition) is 4. The zero-order chi connectivity index (χ0) is 18.6. The standard InChI is InChI=1S/C16H15F4N3O2/c1-9-2-3-10(15(21)23-24)6-13(9)22-8-11-4-5-12(17)7-14(11)25-16(18,19)20/h2-7,22,24H,8H2,1H3,(H2,21,23). The first-order valence-corrected chi connectivity index (χ1v) is 7.06. The highest BCUT2D eigenvalue weighted by atomic mass is 19.4. The van der Waals surface area contributed by atoms with Crippen LogP contribution in [0.2, 0.25) is 0 Å². The van der Waals surface area contributed by atoms with Gasteiger partial charge in [0.15, 0.2) is 5.84 Å². The smallest absolute Gasteiger partial charge is 0.409 e. The summed E-state index contributed by atoms with van der Waals surface area (Å²) in [4.78, 5) is 0. The van der Waals surface area contributed by atoms with Crippen molar-refractivity contribution in [1.29, 1.82) is 0 Å². The summed E-state index contributed by atoms with van der Waals surface area (Å²) in [7, 11) is 0. The molecule has 25 heavy (non-hydrogen) atoms. The van der Waals surface area contributed by atoms with Gasteiger partial charge >= 0.3 is 6.36 Å². The molecule has 0 spiro atoms. The first-order valence-electron chi connectivity index (χ1n) is 7.06. The van der Waals surface area contributed by atoms with Crippen LogP contribution >= 0.6 is 0 Å². The number of nitrogens with one attached hydrogen (secondary N) is 1. The molecule has 0 saturated carbocycles. The lowest BCUT2D eigenvalue weighted by atomic mass is 10.1. The van der Waals surface area contributed by atoms with Crippen LogP contribution in [0.1, 0.15) is 16.7 Å². The second-order valence-electron chi connectivity index (χ2n) is 5.17. The van der Waals surface area contributed by atoms with E-state index in [0.29, 0.717) is 17.3 Å². The Morgan fingerprint density at radius 3 is 2.60 bits per heavy atom. The van der Waals surface area contributed by atoms with Gasteiger partial charge in [0.25, 0.3) is 0 Å². The van der Waals surface area contributed by atoms with Crippen molar-refractivity contribution in [3.63, 3.8) is 0 Å². The lowest BCUT2D eigenvalue weighted by Crippen LogP contribution is -2.19. The maximum Gasteiger partial charge on any atom is 0.573 e. The van der Waals surface area contributed by atoms with Gasteiger partial charge in [-0.15, -0.1) is 13.2 Å². The van der Waals surface area contributed by atoms with Gasteiger partial charge in [0.1, 0.15) is 11.6 Å². The van der Waals surface area contributed by atoms with Gasteiger partial charge in [-0.2, -0.15) is 0 Å². The summed E-state index contributed by atoms with van der Waals surface area (Å²) in [5.74, 6) is -1.57. The summed E-state index contributed by atoms with van der Waals surface area (Å²) in [5.41, 5.74) is 7.41. The number of rotatable bonds is 5. The molecule has 0 heterocycles. The van der Waals surface area contributed by atoms with Crippen LogP contribution < -0.4 is 15.8 Å². The van der Waals surface area contributed by atoms with Crippen molar-refractivity contribution in [3.8, 4) is 5.75 Å². The summed E-state index contributed by atoms with van der Waals surface area (Å²) in [6.45, 7) is 1.72. The van der Waals surface area contributed by atoms with Gasteiger partial charge in [-0.3, -0.25) is 0 Å². The highest BCUT2D eigenvalue weighted by Gasteiger charge is 2.32. The van der Waals surface area contributed by atoms with Crippen LogP contribution in [-0.4, -0.2) is 17.4 Å². The Balaban J connectivity index is 2.24. The molecule has 4 N–H and O–H groups in total. The maximum atomic E-state index is 13.2. The summed E-state index contributed by atoms with van der Waals surface area (Å²) < 4.78 is 54.4. The van der Waals surface area contributed by atoms with Crippen LogP contribution in [-0.2, 0) is 6.54 Å². The number of nitrogens with zero attached hydrogens (tertiary/aromatic N) is 1. The van der Waals surface area contributed by atoms with E-state index in [-0.39, 0.29) is 17.9 Å². The van der Waals surface area contributed by atoms with Crippen molar-refractivity contribution in [2.24, 2.45) is 10.9 Å². The summed E-state index contributed by atoms with van der Waals surface area (Å²) in [6.07, 6.45) is -4.93. The predicted octanol–water partition coefficient (Wildman–Crippen LogP) is 3.74. The number of anilines is 1. The maximum absolute atomic E-state index is 13.2. The van der Waals surface area contributed by atoms with Crippen molar-refractivity contribution in [1.82, 2.24) is 0 Å². The molecule has 9 heteroatoms. The molecule has 5 nitrogen and oxygen atoms in total. The highest BCUT2D eigenvalue weighted by molar-refractivity contribution is 5.98. The molecule has 0 unspecified atom stereocenters. The number of aryl methyl sites for hydroxylation is 1. The van der Waals surface area contributed by atoms with Gasteiger partial charge in [0.2, 0.25) is 0 Å². The average molecular weight is 357 g/mol. The molecule has 0 bridgehead atoms. The number of halogens is 4. The molecule has 0 atom stereocenters. The quantitative estimate of drug-likeness (QED) is 0.250. The third-order valence-corrected chi connectivity index (χ3v) is 3.37. The molecule has 134 valence electrons. The molecule has 0 aliphatic rings. The second-order valence-corrected chi connectivity index (χ2v) is 5.17. The largest absolute Gasteiger partial charge is 0.573 e. The lowest BCUT2D eigenvalue weighted by Gasteiger charge is -2.15. The molecule has 2 aromatic rings. The molecule has 0 aromatic heterocycles. The van der Waals surface area contributed by atoms with E-state index in [9.17, 15) is 17.6 Å². The van der Waals surface area contributed by atoms with E-state index in [2.05, 4.69) is 15.2 Å². The summed E-state index contributed by atoms with van der Waals surface area (Å²) in [5, 5.41) is 14.5. The topological polar surface area (TPSA) is 79.9 Å². The van der Waals surface area contributed by atoms with Crippen molar-refractivity contribution >= 4 is 11.5 Å². The third kappa shape index (κ3) is 5.00. The molecule has 2 rings (SSSR count). The Kier molecular flexibility index (Phi) is 5.35. The van der Waals surface area contributed by atoms with Crippen LogP contribution in [0.4, 0.5) is 23.2 Å². The highest BCUT2D eigenvalue weighted by Crippen LogP contribution is 2.28. The minimum Gasteiger partial charge on any atom is -0.409 e. The van der Waals surface area contributed by atoms with Gasteiger partial charge in [-0.25, -0.2) is 4.39 Å². The third-order valence-electron chi connectivity index (χ3n) is 3.37. The Morgan fingerprint density at radius 1 is 1.24 bits per heavy atom. The van der Waals surface area contributed by atoms with Crippen LogP contribution in [0.25, 0.3) is 0 Å². The van der Waals surface area contributed by atoms with E-state index in [1.165, 1.54) is 6.07 Å². The zero-order valence-electron chi connectivity index (χ0n) is 13.1. The Bertz CT molecular complexity index is 791. The predicted molar refractivity (Wildman–Crippen MR) is 84.1 cm³/mol. The number of oxime groups is 1. The molecule has 0 amide bonds. The number of benzene rings is 2. The van der Waals surface area contributed by atoms with Gasteiger partial charge in [-0.05, 0) is 24.6 Å². The molecule has 0 aliphatic heterocycles. The van der Waals surface area contributed by atoms with Gasteiger partial charge in [-0.1, -0.05) is 23.4 Å².